The van der Waals surface area contributed by atoms with E-state index < -0.39 is 0 Å². The van der Waals surface area contributed by atoms with E-state index in [-0.39, 0.29) is 6.03 Å². The van der Waals surface area contributed by atoms with E-state index >= 15 is 0 Å². The third-order valence-corrected chi connectivity index (χ3v) is 4.76. The van der Waals surface area contributed by atoms with Crippen LogP contribution in [-0.2, 0) is 6.42 Å². The van der Waals surface area contributed by atoms with E-state index in [1.807, 2.05) is 30.3 Å². The highest BCUT2D eigenvalue weighted by Crippen LogP contribution is 2.34. The Hall–Kier alpha value is -1.33. The molecule has 0 unspecified atom stereocenters. The van der Waals surface area contributed by atoms with Crippen molar-refractivity contribution in [2.24, 2.45) is 0 Å². The van der Waals surface area contributed by atoms with Crippen molar-refractivity contribution in [3.63, 3.8) is 0 Å². The molecular formula is C18H20Br2N2O. The van der Waals surface area contributed by atoms with E-state index in [0.717, 1.165) is 21.1 Å². The molecule has 0 radical (unpaired) electrons. The SMILES string of the molecule is CC(C)c1cc(Br)c(NC(=O)NCCc2ccccc2)c(Br)c1. The number of carbonyl (C=O) groups is 1. The third-order valence-electron chi connectivity index (χ3n) is 3.51. The summed E-state index contributed by atoms with van der Waals surface area (Å²) in [6.07, 6.45) is 0.808. The smallest absolute Gasteiger partial charge is 0.319 e. The molecule has 0 aliphatic heterocycles. The van der Waals surface area contributed by atoms with Crippen LogP contribution in [0.25, 0.3) is 0 Å². The minimum Gasteiger partial charge on any atom is -0.338 e. The molecule has 23 heavy (non-hydrogen) atoms. The fraction of sp³-hybridized carbons (Fsp3) is 0.278. The van der Waals surface area contributed by atoms with Gasteiger partial charge in [0.2, 0.25) is 0 Å². The van der Waals surface area contributed by atoms with Gasteiger partial charge in [-0.15, -0.1) is 0 Å². The lowest BCUT2D eigenvalue weighted by molar-refractivity contribution is 0.252. The van der Waals surface area contributed by atoms with Gasteiger partial charge in [0, 0.05) is 15.5 Å². The normalized spacial score (nSPS) is 10.7. The zero-order valence-corrected chi connectivity index (χ0v) is 16.4. The maximum absolute atomic E-state index is 12.1. The summed E-state index contributed by atoms with van der Waals surface area (Å²) in [6.45, 7) is 4.87. The van der Waals surface area contributed by atoms with Crippen molar-refractivity contribution in [3.8, 4) is 0 Å². The molecule has 0 bridgehead atoms. The van der Waals surface area contributed by atoms with Gasteiger partial charge >= 0.3 is 6.03 Å². The van der Waals surface area contributed by atoms with E-state index in [0.29, 0.717) is 12.5 Å². The Labute approximate surface area is 154 Å². The van der Waals surface area contributed by atoms with Crippen LogP contribution in [-0.4, -0.2) is 12.6 Å². The molecule has 5 heteroatoms. The Morgan fingerprint density at radius 3 is 2.26 bits per heavy atom. The lowest BCUT2D eigenvalue weighted by Gasteiger charge is -2.14. The molecule has 3 nitrogen and oxygen atoms in total. The first-order valence-electron chi connectivity index (χ1n) is 7.55. The molecule has 2 N–H and O–H groups in total. The molecule has 2 aromatic rings. The van der Waals surface area contributed by atoms with Crippen molar-refractivity contribution in [3.05, 3.63) is 62.5 Å². The van der Waals surface area contributed by atoms with E-state index in [1.54, 1.807) is 0 Å². The molecular weight excluding hydrogens is 420 g/mol. The van der Waals surface area contributed by atoms with E-state index in [2.05, 4.69) is 68.5 Å². The largest absolute Gasteiger partial charge is 0.338 e. The lowest BCUT2D eigenvalue weighted by Crippen LogP contribution is -2.30. The van der Waals surface area contributed by atoms with Crippen LogP contribution in [0, 0.1) is 0 Å². The number of hydrogen-bond acceptors (Lipinski definition) is 1. The van der Waals surface area contributed by atoms with Crippen LogP contribution in [0.1, 0.15) is 30.9 Å². The van der Waals surface area contributed by atoms with Crippen molar-refractivity contribution < 1.29 is 4.79 Å². The monoisotopic (exact) mass is 438 g/mol. The van der Waals surface area contributed by atoms with Crippen molar-refractivity contribution in [1.82, 2.24) is 5.32 Å². The van der Waals surface area contributed by atoms with Gasteiger partial charge in [0.05, 0.1) is 5.69 Å². The number of urea groups is 1. The van der Waals surface area contributed by atoms with Crippen molar-refractivity contribution in [2.75, 3.05) is 11.9 Å². The summed E-state index contributed by atoms with van der Waals surface area (Å²) in [7, 11) is 0. The topological polar surface area (TPSA) is 41.1 Å². The number of nitrogens with one attached hydrogen (secondary N) is 2. The molecule has 2 aromatic carbocycles. The second-order valence-corrected chi connectivity index (χ2v) is 7.34. The summed E-state index contributed by atoms with van der Waals surface area (Å²) >= 11 is 7.05. The number of halogens is 2. The van der Waals surface area contributed by atoms with Crippen LogP contribution in [0.3, 0.4) is 0 Å². The van der Waals surface area contributed by atoms with Crippen LogP contribution in [0.4, 0.5) is 10.5 Å². The van der Waals surface area contributed by atoms with Gasteiger partial charge in [0.1, 0.15) is 0 Å². The Morgan fingerprint density at radius 1 is 1.09 bits per heavy atom. The molecule has 0 spiro atoms. The van der Waals surface area contributed by atoms with Gasteiger partial charge in [-0.3, -0.25) is 0 Å². The van der Waals surface area contributed by atoms with Gasteiger partial charge in [-0.25, -0.2) is 4.79 Å². The summed E-state index contributed by atoms with van der Waals surface area (Å²) in [5.74, 6) is 0.427. The molecule has 2 rings (SSSR count). The number of carbonyl (C=O) groups excluding carboxylic acids is 1. The molecule has 0 saturated heterocycles. The average Bonchev–Trinajstić information content (AvgIpc) is 2.51. The van der Waals surface area contributed by atoms with E-state index in [1.165, 1.54) is 11.1 Å². The second-order valence-electron chi connectivity index (χ2n) is 5.63. The lowest BCUT2D eigenvalue weighted by atomic mass is 10.0. The third kappa shape index (κ3) is 5.36. The Morgan fingerprint density at radius 2 is 1.70 bits per heavy atom. The Bertz CT molecular complexity index is 649. The first kappa shape index (κ1) is 18.0. The maximum Gasteiger partial charge on any atom is 0.319 e. The van der Waals surface area contributed by atoms with Crippen LogP contribution < -0.4 is 10.6 Å². The Balaban J connectivity index is 1.92. The summed E-state index contributed by atoms with van der Waals surface area (Å²) in [4.78, 5) is 12.1. The van der Waals surface area contributed by atoms with Crippen LogP contribution in [0.2, 0.25) is 0 Å². The van der Waals surface area contributed by atoms with Gasteiger partial charge in [-0.1, -0.05) is 44.2 Å². The minimum atomic E-state index is -0.209. The molecule has 2 amide bonds. The number of hydrogen-bond donors (Lipinski definition) is 2. The zero-order chi connectivity index (χ0) is 16.8. The number of amides is 2. The van der Waals surface area contributed by atoms with Crippen LogP contribution in [0.5, 0.6) is 0 Å². The average molecular weight is 440 g/mol. The standard InChI is InChI=1S/C18H20Br2N2O/c1-12(2)14-10-15(19)17(16(20)11-14)22-18(23)21-9-8-13-6-4-3-5-7-13/h3-7,10-12H,8-9H2,1-2H3,(H2,21,22,23). The fourth-order valence-corrected chi connectivity index (χ4v) is 3.59. The second kappa shape index (κ2) is 8.50. The molecule has 0 saturated carbocycles. The molecule has 0 aromatic heterocycles. The van der Waals surface area contributed by atoms with Crippen molar-refractivity contribution in [2.45, 2.75) is 26.2 Å². The zero-order valence-electron chi connectivity index (χ0n) is 13.2. The number of benzene rings is 2. The molecule has 0 fully saturated rings. The summed E-state index contributed by atoms with van der Waals surface area (Å²) in [5.41, 5.74) is 3.15. The Kier molecular flexibility index (Phi) is 6.66. The minimum absolute atomic E-state index is 0.209. The van der Waals surface area contributed by atoms with Gasteiger partial charge < -0.3 is 10.6 Å². The highest BCUT2D eigenvalue weighted by Gasteiger charge is 2.12. The van der Waals surface area contributed by atoms with Gasteiger partial charge in [0.25, 0.3) is 0 Å². The maximum atomic E-state index is 12.1. The fourth-order valence-electron chi connectivity index (χ4n) is 2.17. The van der Waals surface area contributed by atoms with Crippen LogP contribution in [0.15, 0.2) is 51.4 Å². The summed E-state index contributed by atoms with van der Waals surface area (Å²) in [5, 5.41) is 5.77. The summed E-state index contributed by atoms with van der Waals surface area (Å²) < 4.78 is 1.74. The summed E-state index contributed by atoms with van der Waals surface area (Å²) in [6, 6.07) is 14.0. The first-order chi connectivity index (χ1) is 11.0. The highest BCUT2D eigenvalue weighted by atomic mass is 79.9. The van der Waals surface area contributed by atoms with Crippen molar-refractivity contribution >= 4 is 43.6 Å². The van der Waals surface area contributed by atoms with Gasteiger partial charge in [-0.05, 0) is 67.5 Å². The quantitative estimate of drug-likeness (QED) is 0.616. The van der Waals surface area contributed by atoms with Gasteiger partial charge in [0.15, 0.2) is 0 Å². The van der Waals surface area contributed by atoms with Crippen molar-refractivity contribution in [1.29, 1.82) is 0 Å². The van der Waals surface area contributed by atoms with E-state index in [9.17, 15) is 4.79 Å². The van der Waals surface area contributed by atoms with E-state index in [4.69, 9.17) is 0 Å². The molecule has 122 valence electrons. The number of rotatable bonds is 5. The molecule has 0 aliphatic rings. The number of anilines is 1. The molecule has 0 heterocycles. The molecule has 0 aliphatic carbocycles. The first-order valence-corrected chi connectivity index (χ1v) is 9.13. The molecule has 0 atom stereocenters. The predicted octanol–water partition coefficient (Wildman–Crippen LogP) is 5.70. The van der Waals surface area contributed by atoms with Crippen LogP contribution >= 0.6 is 31.9 Å². The predicted molar refractivity (Wildman–Crippen MR) is 103 cm³/mol. The van der Waals surface area contributed by atoms with Gasteiger partial charge in [-0.2, -0.15) is 0 Å². The highest BCUT2D eigenvalue weighted by molar-refractivity contribution is 9.11.